The number of hydrogen-bond acceptors (Lipinski definition) is 2. The van der Waals surface area contributed by atoms with Gasteiger partial charge in [-0.05, 0) is 18.8 Å². The molecule has 0 bridgehead atoms. The lowest BCUT2D eigenvalue weighted by molar-refractivity contribution is -0.139. The lowest BCUT2D eigenvalue weighted by Crippen LogP contribution is -2.46. The largest absolute Gasteiger partial charge is 0.480 e. The molecule has 19 heavy (non-hydrogen) atoms. The highest BCUT2D eigenvalue weighted by atomic mass is 16.4. The van der Waals surface area contributed by atoms with Crippen LogP contribution in [0.15, 0.2) is 0 Å². The van der Waals surface area contributed by atoms with Crippen molar-refractivity contribution in [1.82, 2.24) is 10.6 Å². The molecular weight excluding hydrogens is 244 g/mol. The van der Waals surface area contributed by atoms with Crippen LogP contribution in [0.3, 0.4) is 0 Å². The fourth-order valence-corrected chi connectivity index (χ4v) is 2.42. The first-order valence-electron chi connectivity index (χ1n) is 6.84. The van der Waals surface area contributed by atoms with Crippen molar-refractivity contribution >= 4 is 12.0 Å². The highest BCUT2D eigenvalue weighted by molar-refractivity contribution is 5.82. The van der Waals surface area contributed by atoms with E-state index in [-0.39, 0.29) is 6.42 Å². The van der Waals surface area contributed by atoms with Crippen molar-refractivity contribution in [2.75, 3.05) is 6.54 Å². The van der Waals surface area contributed by atoms with Crippen molar-refractivity contribution in [3.05, 3.63) is 0 Å². The van der Waals surface area contributed by atoms with Gasteiger partial charge in [-0.3, -0.25) is 0 Å². The van der Waals surface area contributed by atoms with E-state index in [1.807, 2.05) is 0 Å². The third-order valence-corrected chi connectivity index (χ3v) is 3.47. The molecule has 0 spiro atoms. The van der Waals surface area contributed by atoms with Crippen molar-refractivity contribution in [2.24, 2.45) is 5.92 Å². The normalized spacial score (nSPS) is 16.6. The molecule has 1 atom stereocenters. The molecule has 1 rings (SSSR count). The van der Waals surface area contributed by atoms with Gasteiger partial charge in [0.25, 0.3) is 0 Å². The molecule has 0 aromatic heterocycles. The molecule has 1 saturated carbocycles. The average molecular weight is 266 g/mol. The summed E-state index contributed by atoms with van der Waals surface area (Å²) in [4.78, 5) is 22.3. The van der Waals surface area contributed by atoms with Gasteiger partial charge in [0.05, 0.1) is 0 Å². The summed E-state index contributed by atoms with van der Waals surface area (Å²) in [7, 11) is 0. The molecule has 2 amide bonds. The number of carbonyl (C=O) groups excluding carboxylic acids is 1. The SMILES string of the molecule is C#CCC(NC(=O)NCCCC1CCCC1)C(=O)O. The summed E-state index contributed by atoms with van der Waals surface area (Å²) >= 11 is 0. The van der Waals surface area contributed by atoms with Gasteiger partial charge in [0.2, 0.25) is 0 Å². The molecule has 0 aromatic carbocycles. The van der Waals surface area contributed by atoms with Crippen LogP contribution in [0.1, 0.15) is 44.9 Å². The van der Waals surface area contributed by atoms with E-state index in [2.05, 4.69) is 16.6 Å². The molecule has 0 aromatic rings. The van der Waals surface area contributed by atoms with Crippen molar-refractivity contribution < 1.29 is 14.7 Å². The monoisotopic (exact) mass is 266 g/mol. The number of rotatable bonds is 7. The van der Waals surface area contributed by atoms with Gasteiger partial charge in [0.15, 0.2) is 0 Å². The fraction of sp³-hybridized carbons (Fsp3) is 0.714. The maximum atomic E-state index is 11.5. The number of carboxylic acids is 1. The van der Waals surface area contributed by atoms with E-state index in [0.29, 0.717) is 6.54 Å². The van der Waals surface area contributed by atoms with Crippen LogP contribution < -0.4 is 10.6 Å². The zero-order chi connectivity index (χ0) is 14.1. The Morgan fingerprint density at radius 1 is 1.37 bits per heavy atom. The smallest absolute Gasteiger partial charge is 0.327 e. The van der Waals surface area contributed by atoms with E-state index in [0.717, 1.165) is 18.8 Å². The molecule has 1 fully saturated rings. The van der Waals surface area contributed by atoms with Crippen LogP contribution in [0.25, 0.3) is 0 Å². The van der Waals surface area contributed by atoms with E-state index in [4.69, 9.17) is 11.5 Å². The predicted octanol–water partition coefficient (Wildman–Crippen LogP) is 1.73. The quantitative estimate of drug-likeness (QED) is 0.485. The van der Waals surface area contributed by atoms with Gasteiger partial charge in [-0.25, -0.2) is 9.59 Å². The Kier molecular flexibility index (Phi) is 6.80. The maximum absolute atomic E-state index is 11.5. The van der Waals surface area contributed by atoms with Gasteiger partial charge in [0.1, 0.15) is 6.04 Å². The average Bonchev–Trinajstić information content (AvgIpc) is 2.87. The van der Waals surface area contributed by atoms with Crippen molar-refractivity contribution in [1.29, 1.82) is 0 Å². The maximum Gasteiger partial charge on any atom is 0.327 e. The third kappa shape index (κ3) is 6.14. The molecule has 3 N–H and O–H groups in total. The number of nitrogens with one attached hydrogen (secondary N) is 2. The molecule has 0 heterocycles. The van der Waals surface area contributed by atoms with Gasteiger partial charge in [-0.15, -0.1) is 12.3 Å². The lowest BCUT2D eigenvalue weighted by atomic mass is 10.0. The minimum Gasteiger partial charge on any atom is -0.480 e. The molecule has 5 nitrogen and oxygen atoms in total. The number of aliphatic carboxylic acids is 1. The van der Waals surface area contributed by atoms with E-state index in [9.17, 15) is 9.59 Å². The minimum absolute atomic E-state index is 0.00910. The van der Waals surface area contributed by atoms with E-state index in [1.165, 1.54) is 25.7 Å². The molecule has 106 valence electrons. The second-order valence-electron chi connectivity index (χ2n) is 4.99. The summed E-state index contributed by atoms with van der Waals surface area (Å²) in [6.45, 7) is 0.574. The second-order valence-corrected chi connectivity index (χ2v) is 4.99. The van der Waals surface area contributed by atoms with Gasteiger partial charge in [-0.2, -0.15) is 0 Å². The van der Waals surface area contributed by atoms with Crippen LogP contribution in [0, 0.1) is 18.3 Å². The molecule has 0 radical (unpaired) electrons. The van der Waals surface area contributed by atoms with Gasteiger partial charge in [0, 0.05) is 13.0 Å². The number of carboxylic acid groups (broad SMARTS) is 1. The van der Waals surface area contributed by atoms with Crippen molar-refractivity contribution in [3.63, 3.8) is 0 Å². The summed E-state index contributed by atoms with van der Waals surface area (Å²) in [6.07, 6.45) is 12.4. The zero-order valence-corrected chi connectivity index (χ0v) is 11.2. The summed E-state index contributed by atoms with van der Waals surface area (Å²) in [6, 6.07) is -1.48. The van der Waals surface area contributed by atoms with Crippen LogP contribution in [0.4, 0.5) is 4.79 Å². The Morgan fingerprint density at radius 2 is 2.05 bits per heavy atom. The Bertz CT molecular complexity index is 343. The van der Waals surface area contributed by atoms with E-state index < -0.39 is 18.0 Å². The zero-order valence-electron chi connectivity index (χ0n) is 11.2. The Hall–Kier alpha value is -1.70. The van der Waals surface area contributed by atoms with Gasteiger partial charge < -0.3 is 15.7 Å². The van der Waals surface area contributed by atoms with Crippen LogP contribution in [-0.2, 0) is 4.79 Å². The molecule has 1 aliphatic carbocycles. The van der Waals surface area contributed by atoms with Crippen LogP contribution in [0.2, 0.25) is 0 Å². The summed E-state index contributed by atoms with van der Waals surface area (Å²) in [5, 5.41) is 13.9. The van der Waals surface area contributed by atoms with Crippen molar-refractivity contribution in [3.8, 4) is 12.3 Å². The number of terminal acetylenes is 1. The van der Waals surface area contributed by atoms with Gasteiger partial charge >= 0.3 is 12.0 Å². The molecular formula is C14H22N2O3. The van der Waals surface area contributed by atoms with Crippen LogP contribution in [0.5, 0.6) is 0 Å². The van der Waals surface area contributed by atoms with E-state index in [1.54, 1.807) is 0 Å². The molecule has 0 aliphatic heterocycles. The molecule has 1 unspecified atom stereocenters. The van der Waals surface area contributed by atoms with E-state index >= 15 is 0 Å². The predicted molar refractivity (Wildman–Crippen MR) is 72.6 cm³/mol. The summed E-state index contributed by atoms with van der Waals surface area (Å²) in [5.74, 6) is 1.93. The highest BCUT2D eigenvalue weighted by Gasteiger charge is 2.18. The number of carbonyl (C=O) groups is 2. The summed E-state index contributed by atoms with van der Waals surface area (Å²) in [5.41, 5.74) is 0. The minimum atomic E-state index is -1.11. The number of amides is 2. The Balaban J connectivity index is 2.12. The van der Waals surface area contributed by atoms with Gasteiger partial charge in [-0.1, -0.05) is 25.7 Å². The highest BCUT2D eigenvalue weighted by Crippen LogP contribution is 2.28. The first-order chi connectivity index (χ1) is 9.13. The first kappa shape index (κ1) is 15.4. The Morgan fingerprint density at radius 3 is 2.63 bits per heavy atom. The topological polar surface area (TPSA) is 78.4 Å². The number of urea groups is 1. The number of hydrogen-bond donors (Lipinski definition) is 3. The van der Waals surface area contributed by atoms with Crippen LogP contribution in [-0.4, -0.2) is 29.7 Å². The molecule has 0 saturated heterocycles. The third-order valence-electron chi connectivity index (χ3n) is 3.47. The fourth-order valence-electron chi connectivity index (χ4n) is 2.42. The summed E-state index contributed by atoms with van der Waals surface area (Å²) < 4.78 is 0. The molecule has 5 heteroatoms. The first-order valence-corrected chi connectivity index (χ1v) is 6.84. The molecule has 1 aliphatic rings. The lowest BCUT2D eigenvalue weighted by Gasteiger charge is -2.13. The van der Waals surface area contributed by atoms with Crippen LogP contribution >= 0.6 is 0 Å². The van der Waals surface area contributed by atoms with Crippen molar-refractivity contribution in [2.45, 2.75) is 51.0 Å². The Labute approximate surface area is 114 Å². The standard InChI is InChI=1S/C14H22N2O3/c1-2-6-12(13(17)18)16-14(19)15-10-5-9-11-7-3-4-8-11/h1,11-12H,3-10H2,(H,17,18)(H2,15,16,19). The second kappa shape index (κ2) is 8.41.